The Morgan fingerprint density at radius 1 is 1.39 bits per heavy atom. The number of hydrogen-bond donors (Lipinski definition) is 1. The monoisotopic (exact) mass is 320 g/mol. The van der Waals surface area contributed by atoms with Crippen LogP contribution in [0.2, 0.25) is 0 Å². The summed E-state index contributed by atoms with van der Waals surface area (Å²) in [6.07, 6.45) is 1.36. The summed E-state index contributed by atoms with van der Waals surface area (Å²) < 4.78 is 18.1. The lowest BCUT2D eigenvalue weighted by Crippen LogP contribution is -2.42. The number of likely N-dealkylation sites (N-methyl/N-ethyl adjacent to an activating group) is 1. The van der Waals surface area contributed by atoms with Gasteiger partial charge in [-0.3, -0.25) is 0 Å². The molecule has 0 aliphatic carbocycles. The third-order valence-electron chi connectivity index (χ3n) is 3.56. The van der Waals surface area contributed by atoms with E-state index in [9.17, 15) is 9.18 Å². The molecule has 1 aromatic carbocycles. The first-order valence-corrected chi connectivity index (χ1v) is 7.59. The molecular formula is C16H21FN4O2. The highest BCUT2D eigenvalue weighted by molar-refractivity contribution is 5.74. The van der Waals surface area contributed by atoms with Crippen LogP contribution in [0.15, 0.2) is 28.8 Å². The van der Waals surface area contributed by atoms with Gasteiger partial charge in [0.2, 0.25) is 0 Å². The normalized spacial score (nSPS) is 12.0. The van der Waals surface area contributed by atoms with E-state index in [-0.39, 0.29) is 17.9 Å². The molecule has 0 saturated heterocycles. The highest BCUT2D eigenvalue weighted by Crippen LogP contribution is 2.17. The molecule has 1 atom stereocenters. The first kappa shape index (κ1) is 16.9. The van der Waals surface area contributed by atoms with E-state index >= 15 is 0 Å². The summed E-state index contributed by atoms with van der Waals surface area (Å²) in [7, 11) is 1.72. The molecule has 0 spiro atoms. The lowest BCUT2D eigenvalue weighted by atomic mass is 10.2. The van der Waals surface area contributed by atoms with E-state index in [1.54, 1.807) is 24.1 Å². The van der Waals surface area contributed by atoms with Crippen LogP contribution in [0, 0.1) is 5.82 Å². The van der Waals surface area contributed by atoms with E-state index in [4.69, 9.17) is 4.52 Å². The van der Waals surface area contributed by atoms with Gasteiger partial charge in [-0.15, -0.1) is 0 Å². The summed E-state index contributed by atoms with van der Waals surface area (Å²) in [5.74, 6) is 0.529. The minimum Gasteiger partial charge on any atom is -0.336 e. The molecule has 0 fully saturated rings. The van der Waals surface area contributed by atoms with Gasteiger partial charge in [-0.05, 0) is 37.6 Å². The van der Waals surface area contributed by atoms with Crippen LogP contribution in [0.25, 0.3) is 11.5 Å². The molecule has 1 aromatic heterocycles. The summed E-state index contributed by atoms with van der Waals surface area (Å²) in [5.41, 5.74) is 0.660. The fraction of sp³-hybridized carbons (Fsp3) is 0.438. The maximum absolute atomic E-state index is 12.9. The number of carbonyl (C=O) groups is 1. The number of hydrogen-bond acceptors (Lipinski definition) is 4. The number of amides is 2. The summed E-state index contributed by atoms with van der Waals surface area (Å²) in [6, 6.07) is 5.86. The maximum atomic E-state index is 12.9. The number of benzene rings is 1. The summed E-state index contributed by atoms with van der Waals surface area (Å²) in [6.45, 7) is 4.45. The number of rotatable bonds is 6. The topological polar surface area (TPSA) is 71.3 Å². The fourth-order valence-corrected chi connectivity index (χ4v) is 1.86. The first-order chi connectivity index (χ1) is 11.0. The van der Waals surface area contributed by atoms with Crippen LogP contribution in [0.1, 0.15) is 26.1 Å². The molecule has 124 valence electrons. The van der Waals surface area contributed by atoms with Gasteiger partial charge in [0.05, 0.1) is 0 Å². The zero-order chi connectivity index (χ0) is 16.8. The average molecular weight is 320 g/mol. The molecule has 0 bridgehead atoms. The summed E-state index contributed by atoms with van der Waals surface area (Å²) >= 11 is 0. The van der Waals surface area contributed by atoms with Gasteiger partial charge < -0.3 is 14.7 Å². The Hall–Kier alpha value is -2.44. The van der Waals surface area contributed by atoms with Gasteiger partial charge in [0.15, 0.2) is 5.82 Å². The Labute approximate surface area is 134 Å². The van der Waals surface area contributed by atoms with Crippen LogP contribution in [0.3, 0.4) is 0 Å². The molecule has 2 amide bonds. The first-order valence-electron chi connectivity index (χ1n) is 7.59. The van der Waals surface area contributed by atoms with Crippen molar-refractivity contribution in [2.75, 3.05) is 13.6 Å². The minimum atomic E-state index is -0.317. The van der Waals surface area contributed by atoms with Gasteiger partial charge in [0.25, 0.3) is 5.89 Å². The largest absolute Gasteiger partial charge is 0.336 e. The number of carbonyl (C=O) groups excluding carboxylic acids is 1. The van der Waals surface area contributed by atoms with Crippen LogP contribution in [0.5, 0.6) is 0 Å². The van der Waals surface area contributed by atoms with Gasteiger partial charge in [0, 0.05) is 31.6 Å². The van der Waals surface area contributed by atoms with Crippen molar-refractivity contribution in [3.63, 3.8) is 0 Å². The van der Waals surface area contributed by atoms with E-state index < -0.39 is 0 Å². The lowest BCUT2D eigenvalue weighted by molar-refractivity contribution is 0.205. The van der Waals surface area contributed by atoms with Gasteiger partial charge in [-0.2, -0.15) is 4.98 Å². The van der Waals surface area contributed by atoms with Crippen molar-refractivity contribution >= 4 is 6.03 Å². The van der Waals surface area contributed by atoms with E-state index in [1.807, 2.05) is 13.8 Å². The van der Waals surface area contributed by atoms with Crippen molar-refractivity contribution in [2.24, 2.45) is 0 Å². The average Bonchev–Trinajstić information content (AvgIpc) is 3.02. The Morgan fingerprint density at radius 2 is 2.09 bits per heavy atom. The summed E-state index contributed by atoms with van der Waals surface area (Å²) in [4.78, 5) is 17.8. The van der Waals surface area contributed by atoms with Gasteiger partial charge in [0.1, 0.15) is 5.82 Å². The second-order valence-electron chi connectivity index (χ2n) is 5.45. The predicted octanol–water partition coefficient (Wildman–Crippen LogP) is 2.86. The quantitative estimate of drug-likeness (QED) is 0.888. The number of urea groups is 1. The van der Waals surface area contributed by atoms with Crippen molar-refractivity contribution in [3.05, 3.63) is 35.9 Å². The van der Waals surface area contributed by atoms with E-state index in [2.05, 4.69) is 15.5 Å². The molecule has 0 aliphatic heterocycles. The van der Waals surface area contributed by atoms with Crippen molar-refractivity contribution in [1.82, 2.24) is 20.4 Å². The number of halogens is 1. The van der Waals surface area contributed by atoms with Crippen molar-refractivity contribution in [3.8, 4) is 11.5 Å². The van der Waals surface area contributed by atoms with Crippen LogP contribution < -0.4 is 5.32 Å². The Bertz CT molecular complexity index is 642. The molecule has 23 heavy (non-hydrogen) atoms. The smallest absolute Gasteiger partial charge is 0.317 e. The van der Waals surface area contributed by atoms with Gasteiger partial charge in [-0.1, -0.05) is 12.1 Å². The molecular weight excluding hydrogens is 299 g/mol. The SMILES string of the molecule is CC[C@H](C)NC(=O)N(C)CCc1noc(-c2ccc(F)cc2)n1. The van der Waals surface area contributed by atoms with Gasteiger partial charge >= 0.3 is 6.03 Å². The van der Waals surface area contributed by atoms with Crippen LogP contribution in [-0.4, -0.2) is 40.7 Å². The molecule has 0 aliphatic rings. The second-order valence-corrected chi connectivity index (χ2v) is 5.45. The zero-order valence-corrected chi connectivity index (χ0v) is 13.5. The van der Waals surface area contributed by atoms with Crippen LogP contribution in [0.4, 0.5) is 9.18 Å². The third kappa shape index (κ3) is 4.77. The standard InChI is InChI=1S/C16H21FN4O2/c1-4-11(2)18-16(22)21(3)10-9-14-19-15(23-20-14)12-5-7-13(17)8-6-12/h5-8,11H,4,9-10H2,1-3H3,(H,18,22)/t11-/m0/s1. The molecule has 0 saturated carbocycles. The molecule has 0 radical (unpaired) electrons. The number of aromatic nitrogens is 2. The molecule has 1 heterocycles. The molecule has 7 heteroatoms. The maximum Gasteiger partial charge on any atom is 0.317 e. The Morgan fingerprint density at radius 3 is 2.74 bits per heavy atom. The van der Waals surface area contributed by atoms with E-state index in [0.717, 1.165) is 6.42 Å². The summed E-state index contributed by atoms with van der Waals surface area (Å²) in [5, 5.41) is 6.77. The van der Waals surface area contributed by atoms with Crippen molar-refractivity contribution < 1.29 is 13.7 Å². The molecule has 0 unspecified atom stereocenters. The van der Waals surface area contributed by atoms with Crippen LogP contribution in [-0.2, 0) is 6.42 Å². The Balaban J connectivity index is 1.89. The van der Waals surface area contributed by atoms with Crippen molar-refractivity contribution in [1.29, 1.82) is 0 Å². The Kier molecular flexibility index (Phi) is 5.67. The third-order valence-corrected chi connectivity index (χ3v) is 3.56. The predicted molar refractivity (Wildman–Crippen MR) is 84.3 cm³/mol. The molecule has 1 N–H and O–H groups in total. The van der Waals surface area contributed by atoms with Crippen LogP contribution >= 0.6 is 0 Å². The number of nitrogens with one attached hydrogen (secondary N) is 1. The lowest BCUT2D eigenvalue weighted by Gasteiger charge is -2.20. The van der Waals surface area contributed by atoms with Gasteiger partial charge in [-0.25, -0.2) is 9.18 Å². The highest BCUT2D eigenvalue weighted by atomic mass is 19.1. The zero-order valence-electron chi connectivity index (χ0n) is 13.5. The minimum absolute atomic E-state index is 0.124. The molecule has 2 aromatic rings. The second kappa shape index (κ2) is 7.71. The van der Waals surface area contributed by atoms with E-state index in [1.165, 1.54) is 12.1 Å². The highest BCUT2D eigenvalue weighted by Gasteiger charge is 2.13. The van der Waals surface area contributed by atoms with Crippen molar-refractivity contribution in [2.45, 2.75) is 32.7 Å². The molecule has 6 nitrogen and oxygen atoms in total. The van der Waals surface area contributed by atoms with E-state index in [0.29, 0.717) is 30.2 Å². The number of nitrogens with zero attached hydrogens (tertiary/aromatic N) is 3. The fourth-order valence-electron chi connectivity index (χ4n) is 1.86. The molecule has 2 rings (SSSR count).